The van der Waals surface area contributed by atoms with Gasteiger partial charge in [0.25, 0.3) is 11.6 Å². The van der Waals surface area contributed by atoms with Crippen molar-refractivity contribution in [3.8, 4) is 0 Å². The number of carbonyl (C=O) groups excluding carboxylic acids is 1. The summed E-state index contributed by atoms with van der Waals surface area (Å²) in [4.78, 5) is 31.1. The molecule has 4 rings (SSSR count). The fourth-order valence-electron chi connectivity index (χ4n) is 2.97. The third kappa shape index (κ3) is 4.02. The molecule has 0 spiro atoms. The molecule has 4 N–H and O–H groups in total. The Morgan fingerprint density at radius 1 is 1.07 bits per heavy atom. The van der Waals surface area contributed by atoms with E-state index in [0.717, 1.165) is 11.0 Å². The summed E-state index contributed by atoms with van der Waals surface area (Å²) >= 11 is 0. The first-order valence-corrected chi connectivity index (χ1v) is 9.08. The molecule has 0 fully saturated rings. The van der Waals surface area contributed by atoms with E-state index in [0.29, 0.717) is 28.3 Å². The fraction of sp³-hybridized carbons (Fsp3) is 0. The van der Waals surface area contributed by atoms with Crippen LogP contribution in [0, 0.1) is 10.1 Å². The van der Waals surface area contributed by atoms with Gasteiger partial charge in [0.15, 0.2) is 5.82 Å². The summed E-state index contributed by atoms with van der Waals surface area (Å²) in [6, 6.07) is 20.1. The highest BCUT2D eigenvalue weighted by Crippen LogP contribution is 2.21. The van der Waals surface area contributed by atoms with Crippen molar-refractivity contribution >= 4 is 40.1 Å². The number of benzene rings is 3. The standard InChI is InChI=1S/C22H17N5O3/c23-16-10-8-15(9-11-16)22(28)26-20(13-14-4-3-5-17(12-14)27(29)30)21-24-18-6-1-2-7-19(18)25-21/h1-13H,23H2,(H,24,25)(H,26,28)/b20-13+. The number of anilines is 1. The number of nitro benzene ring substituents is 1. The molecule has 1 amide bonds. The van der Waals surface area contributed by atoms with E-state index in [-0.39, 0.29) is 11.6 Å². The molecule has 4 aromatic rings. The van der Waals surface area contributed by atoms with Crippen LogP contribution in [0.2, 0.25) is 0 Å². The van der Waals surface area contributed by atoms with Crippen LogP contribution in [-0.2, 0) is 0 Å². The second-order valence-electron chi connectivity index (χ2n) is 6.59. The highest BCUT2D eigenvalue weighted by molar-refractivity contribution is 6.02. The molecular weight excluding hydrogens is 382 g/mol. The Balaban J connectivity index is 1.76. The number of para-hydroxylation sites is 2. The van der Waals surface area contributed by atoms with Crippen LogP contribution in [0.1, 0.15) is 21.7 Å². The molecule has 0 aliphatic carbocycles. The molecule has 8 heteroatoms. The maximum atomic E-state index is 12.8. The van der Waals surface area contributed by atoms with Crippen molar-refractivity contribution < 1.29 is 9.72 Å². The predicted molar refractivity (Wildman–Crippen MR) is 115 cm³/mol. The maximum Gasteiger partial charge on any atom is 0.270 e. The molecule has 8 nitrogen and oxygen atoms in total. The summed E-state index contributed by atoms with van der Waals surface area (Å²) in [6.45, 7) is 0. The number of rotatable bonds is 5. The number of fused-ring (bicyclic) bond motifs is 1. The average Bonchev–Trinajstić information content (AvgIpc) is 3.18. The Morgan fingerprint density at radius 2 is 1.83 bits per heavy atom. The number of nitrogens with two attached hydrogens (primary N) is 1. The lowest BCUT2D eigenvalue weighted by Crippen LogP contribution is -2.22. The minimum absolute atomic E-state index is 0.0439. The summed E-state index contributed by atoms with van der Waals surface area (Å²) in [6.07, 6.45) is 1.64. The molecular formula is C22H17N5O3. The molecule has 0 atom stereocenters. The molecule has 30 heavy (non-hydrogen) atoms. The molecule has 0 saturated heterocycles. The van der Waals surface area contributed by atoms with Gasteiger partial charge in [-0.2, -0.15) is 0 Å². The number of amides is 1. The number of carbonyl (C=O) groups is 1. The van der Waals surface area contributed by atoms with Crippen LogP contribution in [0.4, 0.5) is 11.4 Å². The lowest BCUT2D eigenvalue weighted by molar-refractivity contribution is -0.384. The van der Waals surface area contributed by atoms with Crippen molar-refractivity contribution in [2.75, 3.05) is 5.73 Å². The molecule has 0 aliphatic heterocycles. The second-order valence-corrected chi connectivity index (χ2v) is 6.59. The topological polar surface area (TPSA) is 127 Å². The predicted octanol–water partition coefficient (Wildman–Crippen LogP) is 3.98. The van der Waals surface area contributed by atoms with Gasteiger partial charge in [-0.15, -0.1) is 0 Å². The molecule has 0 unspecified atom stereocenters. The van der Waals surface area contributed by atoms with Crippen LogP contribution >= 0.6 is 0 Å². The largest absolute Gasteiger partial charge is 0.399 e. The first-order chi connectivity index (χ1) is 14.5. The van der Waals surface area contributed by atoms with Gasteiger partial charge in [0.1, 0.15) is 0 Å². The van der Waals surface area contributed by atoms with Crippen LogP contribution in [-0.4, -0.2) is 20.8 Å². The number of hydrogen-bond donors (Lipinski definition) is 3. The van der Waals surface area contributed by atoms with E-state index in [1.54, 1.807) is 42.5 Å². The van der Waals surface area contributed by atoms with Gasteiger partial charge in [-0.3, -0.25) is 14.9 Å². The smallest absolute Gasteiger partial charge is 0.270 e. The molecule has 1 aromatic heterocycles. The molecule has 0 bridgehead atoms. The molecule has 0 saturated carbocycles. The molecule has 3 aromatic carbocycles. The lowest BCUT2D eigenvalue weighted by atomic mass is 10.1. The summed E-state index contributed by atoms with van der Waals surface area (Å²) in [5.41, 5.74) is 9.10. The summed E-state index contributed by atoms with van der Waals surface area (Å²) in [5, 5.41) is 13.9. The minimum atomic E-state index is -0.467. The third-order valence-corrected chi connectivity index (χ3v) is 4.46. The number of nitrogens with one attached hydrogen (secondary N) is 2. The normalized spacial score (nSPS) is 11.4. The first kappa shape index (κ1) is 18.9. The Kier molecular flexibility index (Phi) is 4.96. The van der Waals surface area contributed by atoms with Crippen LogP contribution in [0.25, 0.3) is 22.8 Å². The number of nitrogen functional groups attached to an aromatic ring is 1. The van der Waals surface area contributed by atoms with Gasteiger partial charge in [-0.25, -0.2) is 4.98 Å². The van der Waals surface area contributed by atoms with Gasteiger partial charge in [0.05, 0.1) is 21.7 Å². The van der Waals surface area contributed by atoms with Gasteiger partial charge in [-0.05, 0) is 48.0 Å². The van der Waals surface area contributed by atoms with Crippen molar-refractivity contribution in [2.24, 2.45) is 0 Å². The Labute approximate surface area is 171 Å². The number of nitro groups is 1. The van der Waals surface area contributed by atoms with Crippen LogP contribution in [0.5, 0.6) is 0 Å². The van der Waals surface area contributed by atoms with Crippen molar-refractivity contribution in [2.45, 2.75) is 0 Å². The van der Waals surface area contributed by atoms with Gasteiger partial charge < -0.3 is 16.0 Å². The van der Waals surface area contributed by atoms with Crippen molar-refractivity contribution in [3.63, 3.8) is 0 Å². The summed E-state index contributed by atoms with van der Waals surface area (Å²) in [5.74, 6) is 0.0821. The lowest BCUT2D eigenvalue weighted by Gasteiger charge is -2.09. The zero-order valence-corrected chi connectivity index (χ0v) is 15.7. The minimum Gasteiger partial charge on any atom is -0.399 e. The number of imidazole rings is 1. The number of aromatic amines is 1. The SMILES string of the molecule is Nc1ccc(C(=O)N/C(=C/c2cccc([N+](=O)[O-])c2)c2nc3ccccc3[nH]2)cc1. The number of nitrogens with zero attached hydrogens (tertiary/aromatic N) is 2. The molecule has 0 radical (unpaired) electrons. The Bertz CT molecular complexity index is 1240. The number of H-pyrrole nitrogens is 1. The number of hydrogen-bond acceptors (Lipinski definition) is 5. The van der Waals surface area contributed by atoms with Crippen molar-refractivity contribution in [1.82, 2.24) is 15.3 Å². The zero-order valence-electron chi connectivity index (χ0n) is 15.7. The van der Waals surface area contributed by atoms with E-state index >= 15 is 0 Å². The summed E-state index contributed by atoms with van der Waals surface area (Å²) in [7, 11) is 0. The van der Waals surface area contributed by atoms with E-state index in [1.165, 1.54) is 12.1 Å². The summed E-state index contributed by atoms with van der Waals surface area (Å²) < 4.78 is 0. The van der Waals surface area contributed by atoms with E-state index in [9.17, 15) is 14.9 Å². The Morgan fingerprint density at radius 3 is 2.57 bits per heavy atom. The van der Waals surface area contributed by atoms with Crippen LogP contribution < -0.4 is 11.1 Å². The third-order valence-electron chi connectivity index (χ3n) is 4.46. The number of non-ortho nitro benzene ring substituents is 1. The van der Waals surface area contributed by atoms with Gasteiger partial charge in [-0.1, -0.05) is 24.3 Å². The van der Waals surface area contributed by atoms with E-state index in [4.69, 9.17) is 5.73 Å². The van der Waals surface area contributed by atoms with E-state index in [2.05, 4.69) is 15.3 Å². The monoisotopic (exact) mass is 399 g/mol. The van der Waals surface area contributed by atoms with Crippen LogP contribution in [0.3, 0.4) is 0 Å². The average molecular weight is 399 g/mol. The van der Waals surface area contributed by atoms with E-state index < -0.39 is 4.92 Å². The van der Waals surface area contributed by atoms with E-state index in [1.807, 2.05) is 24.3 Å². The highest BCUT2D eigenvalue weighted by atomic mass is 16.6. The van der Waals surface area contributed by atoms with Crippen LogP contribution in [0.15, 0.2) is 72.8 Å². The molecule has 148 valence electrons. The quantitative estimate of drug-likeness (QED) is 0.266. The van der Waals surface area contributed by atoms with Gasteiger partial charge in [0, 0.05) is 23.4 Å². The van der Waals surface area contributed by atoms with Crippen molar-refractivity contribution in [3.05, 3.63) is 99.9 Å². The maximum absolute atomic E-state index is 12.8. The molecule has 1 heterocycles. The van der Waals surface area contributed by atoms with Gasteiger partial charge in [0.2, 0.25) is 0 Å². The second kappa shape index (κ2) is 7.88. The highest BCUT2D eigenvalue weighted by Gasteiger charge is 2.14. The fourth-order valence-corrected chi connectivity index (χ4v) is 2.97. The first-order valence-electron chi connectivity index (χ1n) is 9.08. The van der Waals surface area contributed by atoms with Crippen molar-refractivity contribution in [1.29, 1.82) is 0 Å². The molecule has 0 aliphatic rings. The Hall–Kier alpha value is -4.46. The zero-order chi connectivity index (χ0) is 21.1. The van der Waals surface area contributed by atoms with Gasteiger partial charge >= 0.3 is 0 Å². The number of aromatic nitrogens is 2.